The minimum absolute atomic E-state index is 0.0369. The van der Waals surface area contributed by atoms with Gasteiger partial charge in [0.1, 0.15) is 0 Å². The van der Waals surface area contributed by atoms with E-state index in [-0.39, 0.29) is 12.1 Å². The van der Waals surface area contributed by atoms with E-state index in [1.807, 2.05) is 35.5 Å². The largest absolute Gasteiger partial charge is 0.331 e. The molecule has 1 aliphatic heterocycles. The van der Waals surface area contributed by atoms with E-state index in [0.29, 0.717) is 5.92 Å². The van der Waals surface area contributed by atoms with Gasteiger partial charge in [-0.25, -0.2) is 4.79 Å². The first-order valence-electron chi connectivity index (χ1n) is 9.85. The minimum Gasteiger partial charge on any atom is -0.331 e. The summed E-state index contributed by atoms with van der Waals surface area (Å²) in [7, 11) is 0. The number of carbonyl (C=O) groups excluding carboxylic acids is 1. The van der Waals surface area contributed by atoms with Crippen LogP contribution < -0.4 is 5.32 Å². The van der Waals surface area contributed by atoms with Gasteiger partial charge in [0.25, 0.3) is 0 Å². The number of benzene rings is 1. The molecule has 1 saturated heterocycles. The highest BCUT2D eigenvalue weighted by atomic mass is 16.2. The van der Waals surface area contributed by atoms with Crippen LogP contribution in [0.1, 0.15) is 37.4 Å². The van der Waals surface area contributed by atoms with Crippen molar-refractivity contribution in [1.82, 2.24) is 20.1 Å². The number of urea groups is 1. The van der Waals surface area contributed by atoms with Gasteiger partial charge >= 0.3 is 6.03 Å². The molecule has 27 heavy (non-hydrogen) atoms. The average molecular weight is 367 g/mol. The third-order valence-corrected chi connectivity index (χ3v) is 5.14. The molecule has 0 saturated carbocycles. The lowest BCUT2D eigenvalue weighted by Crippen LogP contribution is -2.44. The first-order valence-corrected chi connectivity index (χ1v) is 9.85. The van der Waals surface area contributed by atoms with Crippen molar-refractivity contribution < 1.29 is 4.79 Å². The van der Waals surface area contributed by atoms with Crippen molar-refractivity contribution in [3.8, 4) is 0 Å². The number of pyridine rings is 1. The maximum atomic E-state index is 12.9. The number of hydrogen-bond donors (Lipinski definition) is 1. The van der Waals surface area contributed by atoms with Crippen LogP contribution >= 0.6 is 0 Å². The monoisotopic (exact) mass is 366 g/mol. The van der Waals surface area contributed by atoms with Crippen LogP contribution in [-0.4, -0.2) is 47.0 Å². The van der Waals surface area contributed by atoms with Gasteiger partial charge in [-0.1, -0.05) is 44.2 Å². The fourth-order valence-corrected chi connectivity index (χ4v) is 3.60. The first-order chi connectivity index (χ1) is 13.1. The van der Waals surface area contributed by atoms with E-state index < -0.39 is 0 Å². The number of nitrogens with one attached hydrogen (secondary N) is 1. The van der Waals surface area contributed by atoms with Crippen molar-refractivity contribution in [2.75, 3.05) is 26.2 Å². The maximum absolute atomic E-state index is 12.9. The molecule has 1 aromatic heterocycles. The Kier molecular flexibility index (Phi) is 6.82. The summed E-state index contributed by atoms with van der Waals surface area (Å²) in [5.74, 6) is 0.339. The van der Waals surface area contributed by atoms with E-state index >= 15 is 0 Å². The molecule has 5 nitrogen and oxygen atoms in total. The Balaban J connectivity index is 1.57. The molecule has 1 unspecified atom stereocenters. The molecule has 1 N–H and O–H groups in total. The van der Waals surface area contributed by atoms with Crippen molar-refractivity contribution in [2.45, 2.75) is 32.9 Å². The molecule has 0 aliphatic carbocycles. The van der Waals surface area contributed by atoms with Crippen molar-refractivity contribution >= 4 is 6.03 Å². The molecule has 5 heteroatoms. The van der Waals surface area contributed by atoms with Gasteiger partial charge in [0.2, 0.25) is 0 Å². The highest BCUT2D eigenvalue weighted by molar-refractivity contribution is 5.74. The van der Waals surface area contributed by atoms with Crippen LogP contribution in [0.5, 0.6) is 0 Å². The van der Waals surface area contributed by atoms with Gasteiger partial charge in [-0.15, -0.1) is 0 Å². The molecule has 1 fully saturated rings. The van der Waals surface area contributed by atoms with Crippen molar-refractivity contribution in [3.63, 3.8) is 0 Å². The average Bonchev–Trinajstić information content (AvgIpc) is 2.93. The van der Waals surface area contributed by atoms with E-state index in [1.165, 1.54) is 5.56 Å². The second-order valence-electron chi connectivity index (χ2n) is 7.55. The van der Waals surface area contributed by atoms with Crippen molar-refractivity contribution in [2.24, 2.45) is 5.92 Å². The van der Waals surface area contributed by atoms with Gasteiger partial charge in [0, 0.05) is 45.1 Å². The summed E-state index contributed by atoms with van der Waals surface area (Å²) in [6.45, 7) is 8.69. The lowest BCUT2D eigenvalue weighted by molar-refractivity contribution is 0.190. The molecule has 144 valence electrons. The van der Waals surface area contributed by atoms with E-state index in [0.717, 1.165) is 44.7 Å². The highest BCUT2D eigenvalue weighted by Crippen LogP contribution is 2.22. The summed E-state index contributed by atoms with van der Waals surface area (Å²) in [6, 6.07) is 14.4. The first kappa shape index (κ1) is 19.4. The zero-order valence-corrected chi connectivity index (χ0v) is 16.3. The Labute approximate surface area is 162 Å². The Morgan fingerprint density at radius 2 is 1.78 bits per heavy atom. The zero-order valence-electron chi connectivity index (χ0n) is 16.3. The van der Waals surface area contributed by atoms with Crippen LogP contribution in [-0.2, 0) is 6.54 Å². The fourth-order valence-electron chi connectivity index (χ4n) is 3.60. The van der Waals surface area contributed by atoms with E-state index in [4.69, 9.17) is 0 Å². The molecule has 2 aromatic rings. The van der Waals surface area contributed by atoms with Crippen LogP contribution in [0.4, 0.5) is 4.79 Å². The summed E-state index contributed by atoms with van der Waals surface area (Å²) in [4.78, 5) is 21.4. The fraction of sp³-hybridized carbons (Fsp3) is 0.455. The summed E-state index contributed by atoms with van der Waals surface area (Å²) < 4.78 is 0. The summed E-state index contributed by atoms with van der Waals surface area (Å²) >= 11 is 0. The topological polar surface area (TPSA) is 48.5 Å². The Morgan fingerprint density at radius 3 is 2.48 bits per heavy atom. The smallest absolute Gasteiger partial charge is 0.317 e. The number of hydrogen-bond acceptors (Lipinski definition) is 3. The maximum Gasteiger partial charge on any atom is 0.317 e. The van der Waals surface area contributed by atoms with Crippen LogP contribution in [0.25, 0.3) is 0 Å². The third-order valence-electron chi connectivity index (χ3n) is 5.14. The lowest BCUT2D eigenvalue weighted by atomic mass is 9.96. The van der Waals surface area contributed by atoms with Crippen LogP contribution in [0.2, 0.25) is 0 Å². The van der Waals surface area contributed by atoms with Crippen LogP contribution in [0, 0.1) is 5.92 Å². The van der Waals surface area contributed by atoms with E-state index in [2.05, 4.69) is 53.3 Å². The molecule has 0 bridgehead atoms. The van der Waals surface area contributed by atoms with Gasteiger partial charge in [0.05, 0.1) is 6.04 Å². The van der Waals surface area contributed by atoms with Gasteiger partial charge in [-0.3, -0.25) is 9.88 Å². The molecule has 0 radical (unpaired) electrons. The van der Waals surface area contributed by atoms with Gasteiger partial charge in [0.15, 0.2) is 0 Å². The molecular weight excluding hydrogens is 336 g/mol. The molecule has 2 amide bonds. The van der Waals surface area contributed by atoms with Crippen LogP contribution in [0.3, 0.4) is 0 Å². The molecule has 3 rings (SSSR count). The lowest BCUT2D eigenvalue weighted by Gasteiger charge is -2.28. The van der Waals surface area contributed by atoms with E-state index in [9.17, 15) is 4.79 Å². The minimum atomic E-state index is 0.0369. The molecule has 0 spiro atoms. The predicted molar refractivity (Wildman–Crippen MR) is 108 cm³/mol. The van der Waals surface area contributed by atoms with E-state index in [1.54, 1.807) is 0 Å². The standard InChI is InChI=1S/C22H30N4O/c1-18(2)21(20-7-4-3-5-8-20)24-22(27)26-14-6-13-25(15-16-26)17-19-9-11-23-12-10-19/h3-5,7-12,18,21H,6,13-17H2,1-2H3,(H,24,27). The Morgan fingerprint density at radius 1 is 1.04 bits per heavy atom. The Hall–Kier alpha value is -2.40. The summed E-state index contributed by atoms with van der Waals surface area (Å²) in [5.41, 5.74) is 2.43. The zero-order chi connectivity index (χ0) is 19.1. The van der Waals surface area contributed by atoms with Crippen molar-refractivity contribution in [1.29, 1.82) is 0 Å². The predicted octanol–water partition coefficient (Wildman–Crippen LogP) is 3.70. The third kappa shape index (κ3) is 5.54. The second-order valence-corrected chi connectivity index (χ2v) is 7.55. The van der Waals surface area contributed by atoms with Gasteiger partial charge < -0.3 is 10.2 Å². The van der Waals surface area contributed by atoms with Gasteiger partial charge in [-0.2, -0.15) is 0 Å². The number of nitrogens with zero attached hydrogens (tertiary/aromatic N) is 3. The molecule has 1 aliphatic rings. The number of amides is 2. The second kappa shape index (κ2) is 9.51. The summed E-state index contributed by atoms with van der Waals surface area (Å²) in [5, 5.41) is 3.25. The molecular formula is C22H30N4O. The summed E-state index contributed by atoms with van der Waals surface area (Å²) in [6.07, 6.45) is 4.67. The Bertz CT molecular complexity index is 705. The number of carbonyl (C=O) groups is 1. The van der Waals surface area contributed by atoms with Gasteiger partial charge in [-0.05, 0) is 35.6 Å². The number of rotatable bonds is 5. The number of aromatic nitrogens is 1. The quantitative estimate of drug-likeness (QED) is 0.878. The van der Waals surface area contributed by atoms with Crippen molar-refractivity contribution in [3.05, 3.63) is 66.0 Å². The van der Waals surface area contributed by atoms with Crippen LogP contribution in [0.15, 0.2) is 54.9 Å². The normalized spacial score (nSPS) is 16.8. The molecule has 1 aromatic carbocycles. The molecule has 1 atom stereocenters. The molecule has 2 heterocycles. The SMILES string of the molecule is CC(C)C(NC(=O)N1CCCN(Cc2ccncc2)CC1)c1ccccc1. The highest BCUT2D eigenvalue weighted by Gasteiger charge is 2.23.